The van der Waals surface area contributed by atoms with Crippen molar-refractivity contribution in [3.8, 4) is 0 Å². The van der Waals surface area contributed by atoms with Gasteiger partial charge in [0.1, 0.15) is 5.54 Å². The second-order valence-electron chi connectivity index (χ2n) is 2.90. The molecule has 0 aromatic heterocycles. The van der Waals surface area contributed by atoms with Crippen LogP contribution in [0.4, 0.5) is 13.6 Å². The van der Waals surface area contributed by atoms with Crippen LogP contribution in [-0.2, 0) is 0 Å². The Hall–Kier alpha value is -0.870. The molecule has 78 valence electrons. The number of nitrogens with one attached hydrogen (secondary N) is 1. The molecule has 0 radical (unpaired) electrons. The minimum atomic E-state index is -2.95. The largest absolute Gasteiger partial charge is 0.465 e. The van der Waals surface area contributed by atoms with Crippen molar-refractivity contribution >= 4 is 6.09 Å². The van der Waals surface area contributed by atoms with E-state index in [9.17, 15) is 13.6 Å². The van der Waals surface area contributed by atoms with E-state index >= 15 is 0 Å². The van der Waals surface area contributed by atoms with Gasteiger partial charge >= 0.3 is 6.09 Å². The Kier molecular flexibility index (Phi) is 3.63. The highest BCUT2D eigenvalue weighted by Crippen LogP contribution is 2.47. The fourth-order valence-electron chi connectivity index (χ4n) is 1.00. The molecule has 0 aliphatic heterocycles. The zero-order valence-electron chi connectivity index (χ0n) is 8.03. The lowest BCUT2D eigenvalue weighted by Crippen LogP contribution is -2.47. The number of hydrogen-bond donors (Lipinski definition) is 2. The second kappa shape index (κ2) is 3.89. The maximum atomic E-state index is 12.6. The summed E-state index contributed by atoms with van der Waals surface area (Å²) in [6.07, 6.45) is -0.935. The van der Waals surface area contributed by atoms with Crippen molar-refractivity contribution in [1.82, 2.24) is 5.32 Å². The molecule has 3 nitrogen and oxygen atoms in total. The summed E-state index contributed by atoms with van der Waals surface area (Å²) in [7, 11) is 0. The maximum absolute atomic E-state index is 12.6. The summed E-state index contributed by atoms with van der Waals surface area (Å²) in [5, 5.41) is 10.0. The molecule has 5 heteroatoms. The molecule has 1 fully saturated rings. The molecule has 0 unspecified atom stereocenters. The Morgan fingerprint density at radius 1 is 1.46 bits per heavy atom. The number of hydrogen-bond acceptors (Lipinski definition) is 1. The highest BCUT2D eigenvalue weighted by molar-refractivity contribution is 5.66. The van der Waals surface area contributed by atoms with Gasteiger partial charge in [0, 0.05) is 6.92 Å². The first-order valence-electron chi connectivity index (χ1n) is 4.26. The van der Waals surface area contributed by atoms with Crippen LogP contribution in [0, 0.1) is 0 Å². The number of carboxylic acid groups (broad SMARTS) is 1. The van der Waals surface area contributed by atoms with E-state index in [0.29, 0.717) is 0 Å². The predicted octanol–water partition coefficient (Wildman–Crippen LogP) is 2.47. The van der Waals surface area contributed by atoms with Crippen molar-refractivity contribution in [3.63, 3.8) is 0 Å². The van der Waals surface area contributed by atoms with Crippen LogP contribution in [-0.4, -0.2) is 22.7 Å². The average molecular weight is 195 g/mol. The molecule has 1 rings (SSSR count). The Morgan fingerprint density at radius 2 is 1.85 bits per heavy atom. The highest BCUT2D eigenvalue weighted by Gasteiger charge is 2.60. The average Bonchev–Trinajstić information content (AvgIpc) is 2.71. The van der Waals surface area contributed by atoms with Gasteiger partial charge in [-0.2, -0.15) is 0 Å². The van der Waals surface area contributed by atoms with Crippen molar-refractivity contribution in [2.45, 2.75) is 45.1 Å². The lowest BCUT2D eigenvalue weighted by molar-refractivity contribution is -0.0282. The van der Waals surface area contributed by atoms with E-state index in [-0.39, 0.29) is 12.8 Å². The molecule has 0 bridgehead atoms. The van der Waals surface area contributed by atoms with Crippen LogP contribution >= 0.6 is 0 Å². The third-order valence-corrected chi connectivity index (χ3v) is 1.94. The summed E-state index contributed by atoms with van der Waals surface area (Å²) in [5.74, 6) is -2.95. The molecule has 0 aromatic rings. The van der Waals surface area contributed by atoms with E-state index in [0.717, 1.165) is 6.92 Å². The molecule has 1 saturated carbocycles. The smallest absolute Gasteiger partial charge is 0.405 e. The first-order valence-corrected chi connectivity index (χ1v) is 4.26. The van der Waals surface area contributed by atoms with Gasteiger partial charge in [0.05, 0.1) is 0 Å². The molecule has 1 aliphatic carbocycles. The van der Waals surface area contributed by atoms with E-state index < -0.39 is 17.6 Å². The van der Waals surface area contributed by atoms with Gasteiger partial charge in [-0.25, -0.2) is 13.6 Å². The summed E-state index contributed by atoms with van der Waals surface area (Å²) in [5.41, 5.74) is -1.47. The Morgan fingerprint density at radius 3 is 1.92 bits per heavy atom. The van der Waals surface area contributed by atoms with Crippen LogP contribution in [0.3, 0.4) is 0 Å². The minimum Gasteiger partial charge on any atom is -0.465 e. The van der Waals surface area contributed by atoms with Crippen LogP contribution in [0.1, 0.15) is 33.6 Å². The van der Waals surface area contributed by atoms with Crippen LogP contribution in [0.15, 0.2) is 0 Å². The van der Waals surface area contributed by atoms with Crippen molar-refractivity contribution in [3.05, 3.63) is 0 Å². The summed E-state index contributed by atoms with van der Waals surface area (Å²) < 4.78 is 25.2. The van der Waals surface area contributed by atoms with E-state index in [4.69, 9.17) is 5.11 Å². The lowest BCUT2D eigenvalue weighted by Gasteiger charge is -2.22. The molecule has 2 N–H and O–H groups in total. The van der Waals surface area contributed by atoms with Crippen molar-refractivity contribution in [1.29, 1.82) is 0 Å². The molecule has 0 spiro atoms. The topological polar surface area (TPSA) is 49.3 Å². The molecule has 13 heavy (non-hydrogen) atoms. The first-order chi connectivity index (χ1) is 5.87. The van der Waals surface area contributed by atoms with Gasteiger partial charge in [-0.3, -0.25) is 0 Å². The third-order valence-electron chi connectivity index (χ3n) is 1.94. The zero-order chi connectivity index (χ0) is 10.7. The standard InChI is InChI=1S/C6H9F2NO2.C2H6/c1-5(7,8)6(2-3-6)9-4(10)11;1-2/h9H,2-3H2,1H3,(H,10,11);1-2H3. The van der Waals surface area contributed by atoms with Crippen LogP contribution in [0.5, 0.6) is 0 Å². The monoisotopic (exact) mass is 195 g/mol. The van der Waals surface area contributed by atoms with Crippen LogP contribution in [0.2, 0.25) is 0 Å². The lowest BCUT2D eigenvalue weighted by atomic mass is 10.1. The summed E-state index contributed by atoms with van der Waals surface area (Å²) in [6, 6.07) is 0. The molecule has 0 heterocycles. The molecular weight excluding hydrogens is 180 g/mol. The number of rotatable bonds is 2. The molecule has 0 saturated heterocycles. The van der Waals surface area contributed by atoms with Crippen LogP contribution < -0.4 is 5.32 Å². The zero-order valence-corrected chi connectivity index (χ0v) is 8.03. The molecule has 0 aromatic carbocycles. The van der Waals surface area contributed by atoms with Crippen molar-refractivity contribution in [2.24, 2.45) is 0 Å². The number of carbonyl (C=O) groups is 1. The molecule has 1 aliphatic rings. The van der Waals surface area contributed by atoms with Crippen LogP contribution in [0.25, 0.3) is 0 Å². The minimum absolute atomic E-state index is 0.225. The van der Waals surface area contributed by atoms with Gasteiger partial charge in [0.15, 0.2) is 0 Å². The predicted molar refractivity (Wildman–Crippen MR) is 45.1 cm³/mol. The number of halogens is 2. The van der Waals surface area contributed by atoms with E-state index in [1.165, 1.54) is 0 Å². The SMILES string of the molecule is CC.CC(F)(F)C1(NC(=O)O)CC1. The second-order valence-corrected chi connectivity index (χ2v) is 2.90. The highest BCUT2D eigenvalue weighted by atomic mass is 19.3. The maximum Gasteiger partial charge on any atom is 0.405 e. The molecule has 1 amide bonds. The summed E-state index contributed by atoms with van der Waals surface area (Å²) in [6.45, 7) is 4.73. The third kappa shape index (κ3) is 2.82. The van der Waals surface area contributed by atoms with E-state index in [1.807, 2.05) is 19.2 Å². The Balaban J connectivity index is 0.000000671. The van der Waals surface area contributed by atoms with Gasteiger partial charge in [-0.1, -0.05) is 13.8 Å². The quantitative estimate of drug-likeness (QED) is 0.711. The van der Waals surface area contributed by atoms with E-state index in [1.54, 1.807) is 0 Å². The van der Waals surface area contributed by atoms with Gasteiger partial charge < -0.3 is 10.4 Å². The van der Waals surface area contributed by atoms with Gasteiger partial charge in [-0.15, -0.1) is 0 Å². The van der Waals surface area contributed by atoms with Crippen molar-refractivity contribution < 1.29 is 18.7 Å². The van der Waals surface area contributed by atoms with Gasteiger partial charge in [0.25, 0.3) is 5.92 Å². The Bertz CT molecular complexity index is 185. The fourth-order valence-corrected chi connectivity index (χ4v) is 1.00. The Labute approximate surface area is 76.1 Å². The summed E-state index contributed by atoms with van der Waals surface area (Å²) in [4.78, 5) is 10.1. The van der Waals surface area contributed by atoms with Gasteiger partial charge in [-0.05, 0) is 12.8 Å². The van der Waals surface area contributed by atoms with Crippen molar-refractivity contribution in [2.75, 3.05) is 0 Å². The fraction of sp³-hybridized carbons (Fsp3) is 0.875. The summed E-state index contributed by atoms with van der Waals surface area (Å²) >= 11 is 0. The number of amides is 1. The van der Waals surface area contributed by atoms with Gasteiger partial charge in [0.2, 0.25) is 0 Å². The number of alkyl halides is 2. The van der Waals surface area contributed by atoms with E-state index in [2.05, 4.69) is 0 Å². The molecular formula is C8H15F2NO2. The normalized spacial score (nSPS) is 18.2. The molecule has 0 atom stereocenters. The first kappa shape index (κ1) is 12.1.